The zero-order chi connectivity index (χ0) is 23.1. The van der Waals surface area contributed by atoms with Gasteiger partial charge in [-0.2, -0.15) is 4.72 Å². The molecular weight excluding hydrogens is 468 g/mol. The van der Waals surface area contributed by atoms with Gasteiger partial charge in [-0.25, -0.2) is 8.42 Å². The predicted octanol–water partition coefficient (Wildman–Crippen LogP) is 4.60. The second-order valence-corrected chi connectivity index (χ2v) is 9.82. The van der Waals surface area contributed by atoms with Crippen molar-refractivity contribution in [2.45, 2.75) is 22.3 Å². The SMILES string of the molecule is COc1ccc(Cl)cc1S(=O)(=O)N[C@H](Cc1ccccc1)C(=O)Nc1ccccc1SC. The summed E-state index contributed by atoms with van der Waals surface area (Å²) in [5.74, 6) is -0.339. The van der Waals surface area contributed by atoms with Gasteiger partial charge in [-0.05, 0) is 48.6 Å². The van der Waals surface area contributed by atoms with Crippen molar-refractivity contribution in [1.29, 1.82) is 0 Å². The molecule has 1 atom stereocenters. The van der Waals surface area contributed by atoms with Crippen LogP contribution in [0.25, 0.3) is 0 Å². The van der Waals surface area contributed by atoms with Crippen molar-refractivity contribution in [2.24, 2.45) is 0 Å². The van der Waals surface area contributed by atoms with Gasteiger partial charge >= 0.3 is 0 Å². The average Bonchev–Trinajstić information content (AvgIpc) is 2.79. The van der Waals surface area contributed by atoms with Gasteiger partial charge in [0.2, 0.25) is 15.9 Å². The van der Waals surface area contributed by atoms with Crippen LogP contribution in [0.15, 0.2) is 82.6 Å². The standard InChI is InChI=1S/C23H23ClN2O4S2/c1-30-20-13-12-17(24)15-22(20)32(28,29)26-19(14-16-8-4-3-5-9-16)23(27)25-18-10-6-7-11-21(18)31-2/h3-13,15,19,26H,14H2,1-2H3,(H,25,27)/t19-/m1/s1. The van der Waals surface area contributed by atoms with Crippen LogP contribution in [-0.2, 0) is 21.2 Å². The third-order valence-corrected chi connectivity index (χ3v) is 7.20. The van der Waals surface area contributed by atoms with Crippen molar-refractivity contribution in [3.63, 3.8) is 0 Å². The van der Waals surface area contributed by atoms with Crippen molar-refractivity contribution in [3.8, 4) is 5.75 Å². The zero-order valence-electron chi connectivity index (χ0n) is 17.5. The first kappa shape index (κ1) is 24.1. The van der Waals surface area contributed by atoms with E-state index >= 15 is 0 Å². The van der Waals surface area contributed by atoms with E-state index in [1.807, 2.05) is 54.8 Å². The molecule has 0 saturated heterocycles. The predicted molar refractivity (Wildman–Crippen MR) is 129 cm³/mol. The molecule has 0 bridgehead atoms. The number of hydrogen-bond acceptors (Lipinski definition) is 5. The summed E-state index contributed by atoms with van der Waals surface area (Å²) in [6.07, 6.45) is 2.07. The Morgan fingerprint density at radius 2 is 1.75 bits per heavy atom. The van der Waals surface area contributed by atoms with Crippen molar-refractivity contribution < 1.29 is 17.9 Å². The number of para-hydroxylation sites is 1. The Bertz CT molecular complexity index is 1190. The number of rotatable bonds is 9. The van der Waals surface area contributed by atoms with E-state index in [0.29, 0.717) is 5.69 Å². The molecule has 168 valence electrons. The lowest BCUT2D eigenvalue weighted by molar-refractivity contribution is -0.117. The summed E-state index contributed by atoms with van der Waals surface area (Å²) in [4.78, 5) is 13.9. The maximum absolute atomic E-state index is 13.2. The largest absolute Gasteiger partial charge is 0.495 e. The van der Waals surface area contributed by atoms with E-state index in [9.17, 15) is 13.2 Å². The first-order valence-electron chi connectivity index (χ1n) is 9.67. The normalized spacial score (nSPS) is 12.2. The van der Waals surface area contributed by atoms with Crippen LogP contribution >= 0.6 is 23.4 Å². The van der Waals surface area contributed by atoms with Gasteiger partial charge in [0.1, 0.15) is 16.7 Å². The molecule has 9 heteroatoms. The lowest BCUT2D eigenvalue weighted by Gasteiger charge is -2.20. The van der Waals surface area contributed by atoms with Crippen molar-refractivity contribution in [3.05, 3.63) is 83.4 Å². The molecule has 0 aliphatic rings. The number of methoxy groups -OCH3 is 1. The van der Waals surface area contributed by atoms with E-state index in [1.54, 1.807) is 6.07 Å². The van der Waals surface area contributed by atoms with Crippen molar-refractivity contribution in [2.75, 3.05) is 18.7 Å². The van der Waals surface area contributed by atoms with Gasteiger partial charge in [0.25, 0.3) is 0 Å². The highest BCUT2D eigenvalue weighted by Crippen LogP contribution is 2.28. The number of sulfonamides is 1. The van der Waals surface area contributed by atoms with E-state index < -0.39 is 22.0 Å². The molecule has 0 radical (unpaired) electrons. The highest BCUT2D eigenvalue weighted by molar-refractivity contribution is 7.98. The highest BCUT2D eigenvalue weighted by atomic mass is 35.5. The molecule has 0 spiro atoms. The van der Waals surface area contributed by atoms with Crippen LogP contribution < -0.4 is 14.8 Å². The van der Waals surface area contributed by atoms with Crippen LogP contribution in [0.5, 0.6) is 5.75 Å². The molecule has 1 amide bonds. The molecule has 2 N–H and O–H groups in total. The van der Waals surface area contributed by atoms with Crippen molar-refractivity contribution in [1.82, 2.24) is 4.72 Å². The first-order chi connectivity index (χ1) is 15.3. The summed E-state index contributed by atoms with van der Waals surface area (Å²) in [5.41, 5.74) is 1.43. The van der Waals surface area contributed by atoms with E-state index in [-0.39, 0.29) is 22.1 Å². The van der Waals surface area contributed by atoms with Crippen LogP contribution in [-0.4, -0.2) is 33.7 Å². The zero-order valence-corrected chi connectivity index (χ0v) is 19.9. The molecule has 3 aromatic rings. The third-order valence-electron chi connectivity index (χ3n) is 4.68. The number of ether oxygens (including phenoxy) is 1. The molecule has 0 aliphatic carbocycles. The van der Waals surface area contributed by atoms with Crippen LogP contribution in [0.3, 0.4) is 0 Å². The molecule has 0 aliphatic heterocycles. The lowest BCUT2D eigenvalue weighted by Crippen LogP contribution is -2.45. The van der Waals surface area contributed by atoms with Gasteiger partial charge < -0.3 is 10.1 Å². The second-order valence-electron chi connectivity index (χ2n) is 6.85. The van der Waals surface area contributed by atoms with Crippen LogP contribution in [0.4, 0.5) is 5.69 Å². The number of halogens is 1. The Balaban J connectivity index is 1.94. The fourth-order valence-corrected chi connectivity index (χ4v) is 5.30. The quantitative estimate of drug-likeness (QED) is 0.428. The maximum atomic E-state index is 13.2. The van der Waals surface area contributed by atoms with Gasteiger partial charge in [0, 0.05) is 9.92 Å². The number of amides is 1. The number of nitrogens with one attached hydrogen (secondary N) is 2. The van der Waals surface area contributed by atoms with E-state index in [0.717, 1.165) is 10.5 Å². The molecule has 0 unspecified atom stereocenters. The Morgan fingerprint density at radius 3 is 2.44 bits per heavy atom. The number of thioether (sulfide) groups is 1. The summed E-state index contributed by atoms with van der Waals surface area (Å²) in [6.45, 7) is 0. The molecule has 0 heterocycles. The number of carbonyl (C=O) groups is 1. The Morgan fingerprint density at radius 1 is 1.06 bits per heavy atom. The minimum atomic E-state index is -4.12. The van der Waals surface area contributed by atoms with Gasteiger partial charge in [0.15, 0.2) is 0 Å². The van der Waals surface area contributed by atoms with Crippen LogP contribution in [0, 0.1) is 0 Å². The summed E-state index contributed by atoms with van der Waals surface area (Å²) in [5, 5.41) is 3.09. The summed E-state index contributed by atoms with van der Waals surface area (Å²) < 4.78 is 34.1. The second kappa shape index (κ2) is 10.9. The minimum absolute atomic E-state index is 0.133. The van der Waals surface area contributed by atoms with Gasteiger partial charge in [-0.3, -0.25) is 4.79 Å². The van der Waals surface area contributed by atoms with E-state index in [4.69, 9.17) is 16.3 Å². The molecule has 6 nitrogen and oxygen atoms in total. The molecule has 0 aromatic heterocycles. The smallest absolute Gasteiger partial charge is 0.245 e. The number of anilines is 1. The maximum Gasteiger partial charge on any atom is 0.245 e. The Hall–Kier alpha value is -2.52. The molecule has 32 heavy (non-hydrogen) atoms. The molecule has 3 rings (SSSR count). The number of benzene rings is 3. The van der Waals surface area contributed by atoms with Crippen LogP contribution in [0.2, 0.25) is 5.02 Å². The third kappa shape index (κ3) is 6.04. The van der Waals surface area contributed by atoms with Crippen molar-refractivity contribution >= 4 is 45.0 Å². The van der Waals surface area contributed by atoms with Gasteiger partial charge in [-0.1, -0.05) is 54.1 Å². The van der Waals surface area contributed by atoms with E-state index in [2.05, 4.69) is 10.0 Å². The highest BCUT2D eigenvalue weighted by Gasteiger charge is 2.29. The average molecular weight is 491 g/mol. The van der Waals surface area contributed by atoms with Gasteiger partial charge in [0.05, 0.1) is 12.8 Å². The van der Waals surface area contributed by atoms with E-state index in [1.165, 1.54) is 37.1 Å². The molecule has 3 aromatic carbocycles. The lowest BCUT2D eigenvalue weighted by atomic mass is 10.1. The fraction of sp³-hybridized carbons (Fsp3) is 0.174. The summed E-state index contributed by atoms with van der Waals surface area (Å²) in [6, 6.07) is 19.8. The Labute approximate surface area is 197 Å². The molecule has 0 saturated carbocycles. The van der Waals surface area contributed by atoms with Crippen LogP contribution in [0.1, 0.15) is 5.56 Å². The first-order valence-corrected chi connectivity index (χ1v) is 12.8. The monoisotopic (exact) mass is 490 g/mol. The van der Waals surface area contributed by atoms with Gasteiger partial charge in [-0.15, -0.1) is 11.8 Å². The molecular formula is C23H23ClN2O4S2. The number of carbonyl (C=O) groups excluding carboxylic acids is 1. The fourth-order valence-electron chi connectivity index (χ4n) is 3.12. The topological polar surface area (TPSA) is 84.5 Å². The number of hydrogen-bond donors (Lipinski definition) is 2. The molecule has 0 fully saturated rings. The summed E-state index contributed by atoms with van der Waals surface area (Å²) >= 11 is 7.51. The summed E-state index contributed by atoms with van der Waals surface area (Å²) in [7, 11) is -2.75. The Kier molecular flexibility index (Phi) is 8.20. The minimum Gasteiger partial charge on any atom is -0.495 e.